The van der Waals surface area contributed by atoms with E-state index >= 15 is 4.11 Å². The average Bonchev–Trinajstić information content (AvgIpc) is 3.68. The largest absolute Gasteiger partial charge is 0.447 e. The van der Waals surface area contributed by atoms with Crippen molar-refractivity contribution in [1.29, 1.82) is 0 Å². The average molecular weight is 644 g/mol. The third-order valence-corrected chi connectivity index (χ3v) is 12.7. The summed E-state index contributed by atoms with van der Waals surface area (Å²) in [6.45, 7) is 5.83. The number of halogens is 1. The van der Waals surface area contributed by atoms with E-state index in [-0.39, 0.29) is 31.4 Å². The van der Waals surface area contributed by atoms with Crippen LogP contribution in [-0.4, -0.2) is 68.2 Å². The number of nitrogens with zero attached hydrogens (tertiary/aromatic N) is 3. The fraction of sp³-hybridized carbons (Fsp3) is 0.400. The number of hydrogen-bond acceptors (Lipinski definition) is 6. The highest BCUT2D eigenvalue weighted by atomic mass is 28.4. The van der Waals surface area contributed by atoms with Crippen LogP contribution in [0.1, 0.15) is 30.0 Å². The van der Waals surface area contributed by atoms with Crippen molar-refractivity contribution >= 4 is 43.4 Å². The summed E-state index contributed by atoms with van der Waals surface area (Å²) in [7, 11) is -3.55. The van der Waals surface area contributed by atoms with E-state index < -0.39 is 43.7 Å². The van der Waals surface area contributed by atoms with Gasteiger partial charge in [0.05, 0.1) is 37.4 Å². The second-order valence-corrected chi connectivity index (χ2v) is 17.0. The molecule has 2 fully saturated rings. The van der Waals surface area contributed by atoms with E-state index in [1.54, 1.807) is 41.1 Å². The lowest BCUT2D eigenvalue weighted by Crippen LogP contribution is -2.48. The summed E-state index contributed by atoms with van der Waals surface area (Å²) >= 11 is 0. The lowest BCUT2D eigenvalue weighted by atomic mass is 9.82. The molecule has 9 nitrogen and oxygen atoms in total. The molecule has 240 valence electrons. The van der Waals surface area contributed by atoms with Crippen molar-refractivity contribution in [2.24, 2.45) is 5.92 Å². The monoisotopic (exact) mass is 643 g/mol. The Labute approximate surface area is 268 Å². The molecule has 4 heterocycles. The Kier molecular flexibility index (Phi) is 7.53. The molecular weight excluding hydrogens is 605 g/mol. The van der Waals surface area contributed by atoms with Crippen LogP contribution in [0.5, 0.6) is 0 Å². The molecule has 3 aromatic carbocycles. The number of para-hydroxylation sites is 1. The van der Waals surface area contributed by atoms with Gasteiger partial charge >= 0.3 is 6.09 Å². The number of aliphatic hydroxyl groups is 1. The van der Waals surface area contributed by atoms with Crippen LogP contribution in [0.15, 0.2) is 72.8 Å². The van der Waals surface area contributed by atoms with Crippen LogP contribution < -0.4 is 9.80 Å². The van der Waals surface area contributed by atoms with Crippen molar-refractivity contribution in [3.8, 4) is 0 Å². The van der Waals surface area contributed by atoms with Gasteiger partial charge in [-0.15, -0.1) is 0 Å². The first-order chi connectivity index (χ1) is 22.0. The van der Waals surface area contributed by atoms with Gasteiger partial charge in [-0.2, -0.15) is 0 Å². The molecule has 0 bridgehead atoms. The summed E-state index contributed by atoms with van der Waals surface area (Å²) in [6.07, 6.45) is -0.948. The number of aliphatic hydroxyl groups excluding tert-OH is 1. The Bertz CT molecular complexity index is 1700. The summed E-state index contributed by atoms with van der Waals surface area (Å²) in [5.74, 6) is -1.21. The molecule has 0 saturated carbocycles. The van der Waals surface area contributed by atoms with Gasteiger partial charge in [0.15, 0.2) is 5.60 Å². The first-order valence-corrected chi connectivity index (χ1v) is 18.8. The fourth-order valence-corrected chi connectivity index (χ4v) is 10.6. The van der Waals surface area contributed by atoms with Crippen molar-refractivity contribution in [3.63, 3.8) is 0 Å². The Balaban J connectivity index is 1.30. The topological polar surface area (TPSA) is 99.6 Å². The summed E-state index contributed by atoms with van der Waals surface area (Å²) < 4.78 is 28.5. The molecule has 0 radical (unpaired) electrons. The molecule has 11 heteroatoms. The molecule has 3 aromatic rings. The Morgan fingerprint density at radius 3 is 2.41 bits per heavy atom. The van der Waals surface area contributed by atoms with E-state index in [0.29, 0.717) is 42.1 Å². The molecule has 5 atom stereocenters. The van der Waals surface area contributed by atoms with E-state index in [9.17, 15) is 19.5 Å². The smallest absolute Gasteiger partial charge is 0.414 e. The maximum atomic E-state index is 16.5. The number of rotatable bonds is 6. The van der Waals surface area contributed by atoms with Crippen molar-refractivity contribution < 1.29 is 33.1 Å². The molecule has 4 aliphatic rings. The lowest BCUT2D eigenvalue weighted by molar-refractivity contribution is -0.150. The number of amides is 3. The van der Waals surface area contributed by atoms with Crippen molar-refractivity contribution in [2.75, 3.05) is 29.6 Å². The third kappa shape index (κ3) is 4.75. The molecule has 0 aliphatic carbocycles. The van der Waals surface area contributed by atoms with Gasteiger partial charge < -0.3 is 23.6 Å². The number of fused-ring (bicyclic) bond motifs is 3. The minimum absolute atomic E-state index is 0.123. The van der Waals surface area contributed by atoms with Gasteiger partial charge in [0, 0.05) is 34.9 Å². The lowest BCUT2D eigenvalue weighted by Gasteiger charge is -2.37. The Morgan fingerprint density at radius 2 is 1.74 bits per heavy atom. The van der Waals surface area contributed by atoms with E-state index in [4.69, 9.17) is 9.47 Å². The number of hydrogen-bond donors (Lipinski definition) is 1. The van der Waals surface area contributed by atoms with E-state index in [0.717, 1.165) is 11.1 Å². The predicted molar refractivity (Wildman–Crippen MR) is 173 cm³/mol. The fourth-order valence-electron chi connectivity index (χ4n) is 8.12. The SMILES string of the molecule is C[C@@H]1[C@@H]([Si](C)(C)F)[C@H](CC(=O)N2Cc3ccccc3C[C@H]2CO)O[C@@]12C(=O)N(c1ccccc1)c1ccc(N3CCOC3=O)cc12. The summed E-state index contributed by atoms with van der Waals surface area (Å²) in [4.78, 5) is 46.2. The zero-order chi connectivity index (χ0) is 32.4. The standard InChI is InChI=1S/C35H38FN3O6Si/c1-22-32(46(2,3)36)30(19-31(41)38-20-24-10-8-7-9-23(24)17-27(38)21-40)45-35(22)28-18-26(37-15-16-44-34(37)43)13-14-29(28)39(33(35)42)25-11-5-4-6-12-25/h4-14,18,22,27,30,32,40H,15-17,19-21H2,1-3H3/t22-,27+,30+,32-,35+/m1/s1. The van der Waals surface area contributed by atoms with Crippen LogP contribution >= 0.6 is 0 Å². The first kappa shape index (κ1) is 30.6. The van der Waals surface area contributed by atoms with Crippen LogP contribution in [0, 0.1) is 5.92 Å². The quantitative estimate of drug-likeness (QED) is 0.284. The van der Waals surface area contributed by atoms with Crippen LogP contribution in [-0.2, 0) is 37.6 Å². The van der Waals surface area contributed by atoms with E-state index in [1.807, 2.05) is 61.5 Å². The second kappa shape index (κ2) is 11.3. The number of anilines is 3. The molecule has 46 heavy (non-hydrogen) atoms. The molecule has 3 amide bonds. The highest BCUT2D eigenvalue weighted by Gasteiger charge is 2.67. The number of carbonyl (C=O) groups excluding carboxylic acids is 3. The van der Waals surface area contributed by atoms with Crippen LogP contribution in [0.2, 0.25) is 18.6 Å². The molecule has 2 saturated heterocycles. The van der Waals surface area contributed by atoms with Crippen LogP contribution in [0.3, 0.4) is 0 Å². The highest BCUT2D eigenvalue weighted by Crippen LogP contribution is 2.61. The van der Waals surface area contributed by atoms with E-state index in [1.165, 1.54) is 4.90 Å². The molecule has 7 rings (SSSR count). The molecule has 1 N–H and O–H groups in total. The molecule has 0 aromatic heterocycles. The highest BCUT2D eigenvalue weighted by molar-refractivity contribution is 6.72. The van der Waals surface area contributed by atoms with Gasteiger partial charge in [-0.1, -0.05) is 49.4 Å². The summed E-state index contributed by atoms with van der Waals surface area (Å²) in [5, 5.41) is 10.2. The number of cyclic esters (lactones) is 1. The maximum Gasteiger partial charge on any atom is 0.414 e. The third-order valence-electron chi connectivity index (χ3n) is 10.2. The first-order valence-electron chi connectivity index (χ1n) is 15.9. The zero-order valence-electron chi connectivity index (χ0n) is 26.2. The molecule has 1 spiro atoms. The Morgan fingerprint density at radius 1 is 1.02 bits per heavy atom. The van der Waals surface area contributed by atoms with E-state index in [2.05, 4.69) is 0 Å². The van der Waals surface area contributed by atoms with Gasteiger partial charge in [0.2, 0.25) is 14.3 Å². The minimum Gasteiger partial charge on any atom is -0.447 e. The van der Waals surface area contributed by atoms with Crippen LogP contribution in [0.25, 0.3) is 0 Å². The van der Waals surface area contributed by atoms with Gasteiger partial charge in [-0.05, 0) is 61.0 Å². The van der Waals surface area contributed by atoms with Crippen molar-refractivity contribution in [1.82, 2.24) is 4.90 Å². The van der Waals surface area contributed by atoms with Gasteiger partial charge in [-0.3, -0.25) is 19.4 Å². The summed E-state index contributed by atoms with van der Waals surface area (Å²) in [5.41, 5.74) is 2.18. The maximum absolute atomic E-state index is 16.5. The van der Waals surface area contributed by atoms with Crippen molar-refractivity contribution in [2.45, 2.75) is 62.7 Å². The van der Waals surface area contributed by atoms with Gasteiger partial charge in [0.25, 0.3) is 5.91 Å². The molecule has 0 unspecified atom stereocenters. The second-order valence-electron chi connectivity index (χ2n) is 13.2. The van der Waals surface area contributed by atoms with Crippen molar-refractivity contribution in [3.05, 3.63) is 89.5 Å². The van der Waals surface area contributed by atoms with Gasteiger partial charge in [0.1, 0.15) is 6.61 Å². The Hall–Kier alpha value is -4.06. The molecular formula is C35H38FN3O6Si. The van der Waals surface area contributed by atoms with Gasteiger partial charge in [-0.25, -0.2) is 4.79 Å². The normalized spacial score (nSPS) is 27.3. The number of ether oxygens (including phenoxy) is 2. The van der Waals surface area contributed by atoms with Crippen LogP contribution in [0.4, 0.5) is 26.0 Å². The number of benzene rings is 3. The number of carbonyl (C=O) groups is 3. The molecule has 4 aliphatic heterocycles. The predicted octanol–water partition coefficient (Wildman–Crippen LogP) is 5.43. The summed E-state index contributed by atoms with van der Waals surface area (Å²) in [6, 6.07) is 22.1. The zero-order valence-corrected chi connectivity index (χ0v) is 27.2. The minimum atomic E-state index is -3.55.